The van der Waals surface area contributed by atoms with Crippen LogP contribution in [0, 0.1) is 0 Å². The highest BCUT2D eigenvalue weighted by molar-refractivity contribution is 5.64. The number of fused-ring (bicyclic) bond motifs is 1. The van der Waals surface area contributed by atoms with Gasteiger partial charge in [0.2, 0.25) is 0 Å². The van der Waals surface area contributed by atoms with Gasteiger partial charge in [-0.25, -0.2) is 0 Å². The summed E-state index contributed by atoms with van der Waals surface area (Å²) in [5, 5.41) is 15.8. The molecule has 0 amide bonds. The second-order valence-electron chi connectivity index (χ2n) is 8.25. The maximum Gasteiger partial charge on any atom is 0.151 e. The van der Waals surface area contributed by atoms with Crippen molar-refractivity contribution in [2.24, 2.45) is 0 Å². The Hall–Kier alpha value is -2.80. The summed E-state index contributed by atoms with van der Waals surface area (Å²) in [5.41, 5.74) is 3.68. The van der Waals surface area contributed by atoms with Gasteiger partial charge >= 0.3 is 0 Å². The number of hydrogen-bond acceptors (Lipinski definition) is 6. The summed E-state index contributed by atoms with van der Waals surface area (Å²) in [4.78, 5) is 9.61. The zero-order chi connectivity index (χ0) is 18.7. The number of piperidine rings is 2. The number of H-pyrrole nitrogens is 1. The molecule has 7 heteroatoms. The fourth-order valence-corrected chi connectivity index (χ4v) is 5.24. The lowest BCUT2D eigenvalue weighted by Crippen LogP contribution is -2.42. The van der Waals surface area contributed by atoms with Crippen LogP contribution in [-0.2, 0) is 0 Å². The predicted molar refractivity (Wildman–Crippen MR) is 107 cm³/mol. The third-order valence-corrected chi connectivity index (χ3v) is 6.81. The first-order chi connectivity index (χ1) is 13.8. The normalized spacial score (nSPS) is 30.1. The molecule has 0 spiro atoms. The molecular weight excluding hydrogens is 350 g/mol. The number of nitrogens with zero attached hydrogens (tertiary/aromatic N) is 6. The SMILES string of the molecule is CN(c1ccc(-c2ccc(-c3cn[nH]c3)cn2)nn1)[C@@H]1CC2[C@H]3CC[C@@H](C1)N23. The summed E-state index contributed by atoms with van der Waals surface area (Å²) < 4.78 is 0. The molecule has 3 aromatic rings. The largest absolute Gasteiger partial charge is 0.355 e. The minimum Gasteiger partial charge on any atom is -0.355 e. The predicted octanol–water partition coefficient (Wildman–Crippen LogP) is 2.74. The van der Waals surface area contributed by atoms with E-state index in [2.05, 4.69) is 48.3 Å². The first kappa shape index (κ1) is 16.2. The molecule has 0 radical (unpaired) electrons. The lowest BCUT2D eigenvalue weighted by Gasteiger charge is -2.35. The molecule has 0 saturated carbocycles. The number of anilines is 1. The third kappa shape index (κ3) is 2.53. The van der Waals surface area contributed by atoms with Gasteiger partial charge in [-0.05, 0) is 43.9 Å². The van der Waals surface area contributed by atoms with Gasteiger partial charge in [-0.2, -0.15) is 5.10 Å². The minimum absolute atomic E-state index is 0.573. The van der Waals surface area contributed by atoms with E-state index in [0.717, 1.165) is 46.5 Å². The van der Waals surface area contributed by atoms with E-state index in [0.29, 0.717) is 6.04 Å². The van der Waals surface area contributed by atoms with Gasteiger partial charge in [0.1, 0.15) is 5.69 Å². The van der Waals surface area contributed by atoms with Crippen molar-refractivity contribution in [3.05, 3.63) is 42.9 Å². The van der Waals surface area contributed by atoms with Gasteiger partial charge in [0.05, 0.1) is 11.9 Å². The smallest absolute Gasteiger partial charge is 0.151 e. The Morgan fingerprint density at radius 1 is 0.964 bits per heavy atom. The van der Waals surface area contributed by atoms with Gasteiger partial charge in [-0.15, -0.1) is 10.2 Å². The summed E-state index contributed by atoms with van der Waals surface area (Å²) in [6, 6.07) is 11.2. The van der Waals surface area contributed by atoms with E-state index in [9.17, 15) is 0 Å². The molecule has 7 nitrogen and oxygen atoms in total. The molecule has 142 valence electrons. The van der Waals surface area contributed by atoms with Crippen molar-refractivity contribution in [1.29, 1.82) is 0 Å². The van der Waals surface area contributed by atoms with Crippen LogP contribution in [0.3, 0.4) is 0 Å². The number of aromatic nitrogens is 5. The Morgan fingerprint density at radius 3 is 2.61 bits per heavy atom. The lowest BCUT2D eigenvalue weighted by atomic mass is 9.91. The van der Waals surface area contributed by atoms with Crippen molar-refractivity contribution < 1.29 is 0 Å². The zero-order valence-corrected chi connectivity index (χ0v) is 15.9. The molecule has 6 rings (SSSR count). The van der Waals surface area contributed by atoms with Crippen molar-refractivity contribution in [1.82, 2.24) is 30.3 Å². The van der Waals surface area contributed by atoms with Gasteiger partial charge < -0.3 is 4.90 Å². The van der Waals surface area contributed by atoms with Crippen LogP contribution in [0.15, 0.2) is 42.9 Å². The second kappa shape index (κ2) is 6.10. The number of pyridine rings is 1. The minimum atomic E-state index is 0.573. The summed E-state index contributed by atoms with van der Waals surface area (Å²) in [5.74, 6) is 0.953. The molecule has 5 atom stereocenters. The van der Waals surface area contributed by atoms with E-state index in [1.165, 1.54) is 25.7 Å². The highest BCUT2D eigenvalue weighted by atomic mass is 15.4. The van der Waals surface area contributed by atoms with Gasteiger partial charge in [0.25, 0.3) is 0 Å². The van der Waals surface area contributed by atoms with E-state index < -0.39 is 0 Å². The Labute approximate surface area is 163 Å². The summed E-state index contributed by atoms with van der Waals surface area (Å²) in [6.45, 7) is 0. The highest BCUT2D eigenvalue weighted by Gasteiger charge is 2.59. The van der Waals surface area contributed by atoms with E-state index in [1.54, 1.807) is 6.20 Å². The van der Waals surface area contributed by atoms with Gasteiger partial charge in [-0.1, -0.05) is 6.07 Å². The maximum atomic E-state index is 4.55. The molecule has 3 aliphatic heterocycles. The van der Waals surface area contributed by atoms with Crippen LogP contribution in [0.25, 0.3) is 22.5 Å². The molecule has 3 fully saturated rings. The third-order valence-electron chi connectivity index (χ3n) is 6.81. The van der Waals surface area contributed by atoms with E-state index in [1.807, 2.05) is 30.6 Å². The molecule has 0 aliphatic carbocycles. The quantitative estimate of drug-likeness (QED) is 0.709. The van der Waals surface area contributed by atoms with E-state index >= 15 is 0 Å². The molecular formula is C21H23N7. The Balaban J connectivity index is 1.18. The van der Waals surface area contributed by atoms with Gasteiger partial charge in [-0.3, -0.25) is 15.0 Å². The Morgan fingerprint density at radius 2 is 1.89 bits per heavy atom. The molecule has 3 saturated heterocycles. The second-order valence-corrected chi connectivity index (χ2v) is 8.25. The molecule has 2 unspecified atom stereocenters. The fraction of sp³-hybridized carbons (Fsp3) is 0.429. The molecule has 0 bridgehead atoms. The number of nitrogens with one attached hydrogen (secondary N) is 1. The average Bonchev–Trinajstić information content (AvgIpc) is 3.10. The van der Waals surface area contributed by atoms with Crippen molar-refractivity contribution in [2.75, 3.05) is 11.9 Å². The molecule has 6 heterocycles. The molecule has 3 aromatic heterocycles. The molecule has 1 N–H and O–H groups in total. The van der Waals surface area contributed by atoms with Crippen molar-refractivity contribution in [2.45, 2.75) is 49.9 Å². The number of aromatic amines is 1. The monoisotopic (exact) mass is 373 g/mol. The van der Waals surface area contributed by atoms with Gasteiger partial charge in [0, 0.05) is 54.7 Å². The summed E-state index contributed by atoms with van der Waals surface area (Å²) in [6.07, 6.45) is 10.8. The van der Waals surface area contributed by atoms with Crippen LogP contribution >= 0.6 is 0 Å². The van der Waals surface area contributed by atoms with Crippen LogP contribution < -0.4 is 4.90 Å². The number of rotatable bonds is 4. The molecule has 3 aliphatic rings. The van der Waals surface area contributed by atoms with Crippen LogP contribution in [-0.4, -0.2) is 61.5 Å². The van der Waals surface area contributed by atoms with E-state index in [4.69, 9.17) is 0 Å². The molecule has 28 heavy (non-hydrogen) atoms. The maximum absolute atomic E-state index is 4.55. The van der Waals surface area contributed by atoms with Crippen LogP contribution in [0.5, 0.6) is 0 Å². The highest BCUT2D eigenvalue weighted by Crippen LogP contribution is 2.50. The summed E-state index contributed by atoms with van der Waals surface area (Å²) in [7, 11) is 2.16. The van der Waals surface area contributed by atoms with Crippen LogP contribution in [0.2, 0.25) is 0 Å². The first-order valence-electron chi connectivity index (χ1n) is 10.1. The summed E-state index contributed by atoms with van der Waals surface area (Å²) >= 11 is 0. The molecule has 0 aromatic carbocycles. The van der Waals surface area contributed by atoms with Crippen LogP contribution in [0.4, 0.5) is 5.82 Å². The standard InChI is InChI=1S/C21H23N7/c1-27(16-8-15-3-6-19-20(9-16)28(15)19)21-7-5-18(25-26-21)17-4-2-13(10-22-17)14-11-23-24-12-14/h2,4-5,7,10-12,15-16,19-20H,3,6,8-9H2,1H3,(H,23,24)/t15-,16-,19+,20?,28?/m0/s1. The Kier molecular flexibility index (Phi) is 3.53. The van der Waals surface area contributed by atoms with Gasteiger partial charge in [0.15, 0.2) is 5.82 Å². The van der Waals surface area contributed by atoms with Crippen molar-refractivity contribution >= 4 is 5.82 Å². The van der Waals surface area contributed by atoms with Crippen LogP contribution in [0.1, 0.15) is 25.7 Å². The van der Waals surface area contributed by atoms with Crippen molar-refractivity contribution in [3.8, 4) is 22.5 Å². The zero-order valence-electron chi connectivity index (χ0n) is 15.9. The van der Waals surface area contributed by atoms with E-state index in [-0.39, 0.29) is 0 Å². The number of hydrogen-bond donors (Lipinski definition) is 1. The lowest BCUT2D eigenvalue weighted by molar-refractivity contribution is 0.274. The first-order valence-corrected chi connectivity index (χ1v) is 10.1. The fourth-order valence-electron chi connectivity index (χ4n) is 5.24. The van der Waals surface area contributed by atoms with Crippen molar-refractivity contribution in [3.63, 3.8) is 0 Å². The topological polar surface area (TPSA) is 73.6 Å². The average molecular weight is 373 g/mol. The Bertz CT molecular complexity index is 967.